The van der Waals surface area contributed by atoms with E-state index < -0.39 is 0 Å². The summed E-state index contributed by atoms with van der Waals surface area (Å²) < 4.78 is 0. The predicted molar refractivity (Wildman–Crippen MR) is 71.1 cm³/mol. The highest BCUT2D eigenvalue weighted by atomic mass is 32.2. The van der Waals surface area contributed by atoms with Gasteiger partial charge in [-0.25, -0.2) is 0 Å². The Morgan fingerprint density at radius 3 is 2.75 bits per heavy atom. The molecule has 1 aromatic rings. The summed E-state index contributed by atoms with van der Waals surface area (Å²) >= 11 is 1.78. The summed E-state index contributed by atoms with van der Waals surface area (Å²) in [6.07, 6.45) is 1.85. The maximum Gasteiger partial charge on any atom is 0.161 e. The molecule has 0 saturated carbocycles. The number of aliphatic imine (C=N–C) groups is 1. The Morgan fingerprint density at radius 2 is 2.19 bits per heavy atom. The van der Waals surface area contributed by atoms with Crippen LogP contribution in [-0.4, -0.2) is 22.4 Å². The van der Waals surface area contributed by atoms with Gasteiger partial charge in [-0.2, -0.15) is 0 Å². The third-order valence-electron chi connectivity index (χ3n) is 2.41. The fourth-order valence-corrected chi connectivity index (χ4v) is 2.35. The Morgan fingerprint density at radius 1 is 1.38 bits per heavy atom. The summed E-state index contributed by atoms with van der Waals surface area (Å²) in [5.74, 6) is 1.11. The zero-order valence-electron chi connectivity index (χ0n) is 9.95. The topological polar surface area (TPSA) is 37.3 Å². The number of hydrogen-bond acceptors (Lipinski definition) is 4. The van der Waals surface area contributed by atoms with E-state index in [4.69, 9.17) is 0 Å². The minimum atomic E-state index is 0.321. The van der Waals surface area contributed by atoms with Crippen molar-refractivity contribution in [2.75, 3.05) is 17.6 Å². The molecule has 2 rings (SSSR count). The smallest absolute Gasteiger partial charge is 0.161 e. The number of rotatable bonds is 1. The second kappa shape index (κ2) is 4.45. The first-order valence-corrected chi connectivity index (χ1v) is 6.41. The molecule has 1 aliphatic heterocycles. The van der Waals surface area contributed by atoms with E-state index in [1.54, 1.807) is 11.8 Å². The van der Waals surface area contributed by atoms with Gasteiger partial charge in [0.05, 0.1) is 11.9 Å². The number of nitrogens with zero attached hydrogens (tertiary/aromatic N) is 2. The molecule has 0 saturated heterocycles. The predicted octanol–water partition coefficient (Wildman–Crippen LogP) is 2.93. The fraction of sp³-hybridized carbons (Fsp3) is 0.500. The standard InChI is InChI=1S/C12H17N3S/c1-9-4-5-10(6-13-9)15-11-14-7-12(2,3)8-16-11/h4-6H,7-8H2,1-3H3,(H,14,15). The number of hydrogen-bond donors (Lipinski definition) is 1. The molecule has 0 amide bonds. The van der Waals surface area contributed by atoms with E-state index in [0.717, 1.165) is 28.8 Å². The molecule has 3 nitrogen and oxygen atoms in total. The van der Waals surface area contributed by atoms with Crippen molar-refractivity contribution in [1.29, 1.82) is 0 Å². The molecular weight excluding hydrogens is 218 g/mol. The van der Waals surface area contributed by atoms with Crippen molar-refractivity contribution >= 4 is 22.6 Å². The number of pyridine rings is 1. The molecular formula is C12H17N3S. The highest BCUT2D eigenvalue weighted by molar-refractivity contribution is 8.14. The first-order valence-electron chi connectivity index (χ1n) is 5.42. The van der Waals surface area contributed by atoms with Gasteiger partial charge in [0.15, 0.2) is 5.17 Å². The van der Waals surface area contributed by atoms with Crippen molar-refractivity contribution in [2.45, 2.75) is 20.8 Å². The Labute approximate surface area is 101 Å². The average Bonchev–Trinajstić information content (AvgIpc) is 2.24. The number of thioether (sulfide) groups is 1. The Hall–Kier alpha value is -1.03. The first kappa shape index (κ1) is 11.5. The Balaban J connectivity index is 2.01. The molecule has 0 unspecified atom stereocenters. The molecule has 16 heavy (non-hydrogen) atoms. The lowest BCUT2D eigenvalue weighted by Crippen LogP contribution is -2.27. The van der Waals surface area contributed by atoms with Gasteiger partial charge in [-0.3, -0.25) is 9.98 Å². The molecule has 0 fully saturated rings. The van der Waals surface area contributed by atoms with E-state index in [0.29, 0.717) is 5.41 Å². The minimum Gasteiger partial charge on any atom is -0.334 e. The Kier molecular flexibility index (Phi) is 3.19. The van der Waals surface area contributed by atoms with Gasteiger partial charge in [0.2, 0.25) is 0 Å². The number of anilines is 1. The molecule has 1 aromatic heterocycles. The summed E-state index contributed by atoms with van der Waals surface area (Å²) in [5.41, 5.74) is 2.36. The highest BCUT2D eigenvalue weighted by Gasteiger charge is 2.23. The van der Waals surface area contributed by atoms with E-state index in [2.05, 4.69) is 29.1 Å². The largest absolute Gasteiger partial charge is 0.334 e. The minimum absolute atomic E-state index is 0.321. The van der Waals surface area contributed by atoms with E-state index >= 15 is 0 Å². The number of aryl methyl sites for hydroxylation is 1. The third-order valence-corrected chi connectivity index (χ3v) is 3.84. The molecule has 0 bridgehead atoms. The fourth-order valence-electron chi connectivity index (χ4n) is 1.38. The van der Waals surface area contributed by atoms with Crippen molar-refractivity contribution in [3.05, 3.63) is 24.0 Å². The Bertz CT molecular complexity index is 395. The van der Waals surface area contributed by atoms with Crippen LogP contribution in [0.15, 0.2) is 23.3 Å². The van der Waals surface area contributed by atoms with Crippen LogP contribution in [0.4, 0.5) is 5.69 Å². The summed E-state index contributed by atoms with van der Waals surface area (Å²) in [7, 11) is 0. The molecule has 1 N–H and O–H groups in total. The maximum absolute atomic E-state index is 4.54. The average molecular weight is 235 g/mol. The van der Waals surface area contributed by atoms with Crippen molar-refractivity contribution in [3.63, 3.8) is 0 Å². The maximum atomic E-state index is 4.54. The number of nitrogens with one attached hydrogen (secondary N) is 1. The van der Waals surface area contributed by atoms with Crippen LogP contribution >= 0.6 is 11.8 Å². The van der Waals surface area contributed by atoms with Gasteiger partial charge in [0.1, 0.15) is 0 Å². The van der Waals surface area contributed by atoms with Gasteiger partial charge < -0.3 is 5.32 Å². The molecule has 2 heterocycles. The van der Waals surface area contributed by atoms with Gasteiger partial charge in [-0.15, -0.1) is 0 Å². The molecule has 0 spiro atoms. The zero-order valence-corrected chi connectivity index (χ0v) is 10.8. The second-order valence-electron chi connectivity index (χ2n) is 4.89. The van der Waals surface area contributed by atoms with Crippen LogP contribution in [0.5, 0.6) is 0 Å². The SMILES string of the molecule is Cc1ccc(NC2=NCC(C)(C)CS2)cn1. The van der Waals surface area contributed by atoms with Crippen molar-refractivity contribution < 1.29 is 0 Å². The van der Waals surface area contributed by atoms with Gasteiger partial charge in [0, 0.05) is 18.0 Å². The van der Waals surface area contributed by atoms with Gasteiger partial charge in [0.25, 0.3) is 0 Å². The summed E-state index contributed by atoms with van der Waals surface area (Å²) in [5, 5.41) is 4.30. The van der Waals surface area contributed by atoms with Crippen LogP contribution in [0, 0.1) is 12.3 Å². The normalized spacial score (nSPS) is 19.1. The molecule has 0 aliphatic carbocycles. The van der Waals surface area contributed by atoms with E-state index in [9.17, 15) is 0 Å². The molecule has 0 radical (unpaired) electrons. The van der Waals surface area contributed by atoms with Crippen LogP contribution in [0.2, 0.25) is 0 Å². The third kappa shape index (κ3) is 2.98. The number of amidine groups is 1. The summed E-state index contributed by atoms with van der Waals surface area (Å²) in [4.78, 5) is 8.79. The lowest BCUT2D eigenvalue weighted by Gasteiger charge is -2.27. The summed E-state index contributed by atoms with van der Waals surface area (Å²) in [6, 6.07) is 4.03. The van der Waals surface area contributed by atoms with E-state index in [1.807, 2.05) is 25.3 Å². The molecule has 1 aliphatic rings. The molecule has 86 valence electrons. The van der Waals surface area contributed by atoms with Crippen molar-refractivity contribution in [3.8, 4) is 0 Å². The monoisotopic (exact) mass is 235 g/mol. The van der Waals surface area contributed by atoms with Crippen molar-refractivity contribution in [1.82, 2.24) is 4.98 Å². The summed E-state index contributed by atoms with van der Waals surface area (Å²) in [6.45, 7) is 7.36. The lowest BCUT2D eigenvalue weighted by atomic mass is 9.97. The van der Waals surface area contributed by atoms with Crippen LogP contribution < -0.4 is 5.32 Å². The van der Waals surface area contributed by atoms with Crippen LogP contribution in [0.25, 0.3) is 0 Å². The van der Waals surface area contributed by atoms with Crippen LogP contribution in [0.1, 0.15) is 19.5 Å². The molecule has 0 atom stereocenters. The van der Waals surface area contributed by atoms with E-state index in [1.165, 1.54) is 0 Å². The molecule has 0 aromatic carbocycles. The molecule has 4 heteroatoms. The van der Waals surface area contributed by atoms with E-state index in [-0.39, 0.29) is 0 Å². The van der Waals surface area contributed by atoms with Gasteiger partial charge in [-0.1, -0.05) is 25.6 Å². The van der Waals surface area contributed by atoms with Gasteiger partial charge >= 0.3 is 0 Å². The van der Waals surface area contributed by atoms with Crippen molar-refractivity contribution in [2.24, 2.45) is 10.4 Å². The van der Waals surface area contributed by atoms with Crippen LogP contribution in [0.3, 0.4) is 0 Å². The number of aromatic nitrogens is 1. The zero-order chi connectivity index (χ0) is 11.6. The van der Waals surface area contributed by atoms with Gasteiger partial charge in [-0.05, 0) is 24.5 Å². The second-order valence-corrected chi connectivity index (χ2v) is 5.85. The quantitative estimate of drug-likeness (QED) is 0.813. The highest BCUT2D eigenvalue weighted by Crippen LogP contribution is 2.28. The van der Waals surface area contributed by atoms with Crippen LogP contribution in [-0.2, 0) is 0 Å². The lowest BCUT2D eigenvalue weighted by molar-refractivity contribution is 0.438. The first-order chi connectivity index (χ1) is 7.55.